The van der Waals surface area contributed by atoms with Gasteiger partial charge in [0.1, 0.15) is 0 Å². The van der Waals surface area contributed by atoms with E-state index in [0.29, 0.717) is 6.04 Å². The molecule has 4 heteroatoms. The zero-order chi connectivity index (χ0) is 10.8. The Morgan fingerprint density at radius 2 is 2.06 bits per heavy atom. The van der Waals surface area contributed by atoms with E-state index in [4.69, 9.17) is 5.73 Å². The second-order valence-corrected chi connectivity index (χ2v) is 4.95. The van der Waals surface area contributed by atoms with Crippen molar-refractivity contribution in [1.82, 2.24) is 4.90 Å². The molecule has 2 fully saturated rings. The molecule has 1 aliphatic heterocycles. The third-order valence-corrected chi connectivity index (χ3v) is 4.03. The predicted molar refractivity (Wildman–Crippen MR) is 67.6 cm³/mol. The maximum absolute atomic E-state index is 12.1. The number of hydrogen-bond donors (Lipinski definition) is 1. The molecule has 3 nitrogen and oxygen atoms in total. The number of fused-ring (bicyclic) bond motifs is 1. The number of nitrogens with two attached hydrogens (primary N) is 1. The molecular weight excluding hydrogens is 224 g/mol. The fraction of sp³-hybridized carbons (Fsp3) is 0.917. The highest BCUT2D eigenvalue weighted by Crippen LogP contribution is 2.36. The molecule has 2 unspecified atom stereocenters. The number of hydrogen-bond acceptors (Lipinski definition) is 2. The van der Waals surface area contributed by atoms with Crippen molar-refractivity contribution < 1.29 is 4.79 Å². The highest BCUT2D eigenvalue weighted by atomic mass is 35.5. The first-order valence-corrected chi connectivity index (χ1v) is 6.30. The molecule has 16 heavy (non-hydrogen) atoms. The Morgan fingerprint density at radius 3 is 2.75 bits per heavy atom. The fourth-order valence-corrected chi connectivity index (χ4v) is 3.12. The maximum atomic E-state index is 12.1. The van der Waals surface area contributed by atoms with Crippen molar-refractivity contribution in [2.45, 2.75) is 57.5 Å². The molecule has 1 saturated heterocycles. The summed E-state index contributed by atoms with van der Waals surface area (Å²) in [6.45, 7) is 2.92. The summed E-state index contributed by atoms with van der Waals surface area (Å²) in [4.78, 5) is 14.2. The minimum atomic E-state index is -0.274. The Morgan fingerprint density at radius 1 is 1.38 bits per heavy atom. The Hall–Kier alpha value is -0.280. The van der Waals surface area contributed by atoms with E-state index in [-0.39, 0.29) is 24.4 Å². The highest BCUT2D eigenvalue weighted by molar-refractivity contribution is 5.85. The number of piperidine rings is 1. The van der Waals surface area contributed by atoms with Crippen LogP contribution in [0, 0.1) is 5.92 Å². The van der Waals surface area contributed by atoms with E-state index in [1.165, 1.54) is 32.1 Å². The molecule has 1 saturated carbocycles. The molecule has 1 heterocycles. The van der Waals surface area contributed by atoms with Crippen molar-refractivity contribution in [3.05, 3.63) is 0 Å². The van der Waals surface area contributed by atoms with Crippen molar-refractivity contribution in [2.24, 2.45) is 11.7 Å². The molecule has 2 aliphatic rings. The van der Waals surface area contributed by atoms with Gasteiger partial charge in [0.15, 0.2) is 0 Å². The van der Waals surface area contributed by atoms with Crippen molar-refractivity contribution in [1.29, 1.82) is 0 Å². The topological polar surface area (TPSA) is 46.3 Å². The molecule has 1 aliphatic carbocycles. The number of halogens is 1. The monoisotopic (exact) mass is 246 g/mol. The van der Waals surface area contributed by atoms with Gasteiger partial charge in [-0.25, -0.2) is 0 Å². The van der Waals surface area contributed by atoms with E-state index in [2.05, 4.69) is 4.90 Å². The molecule has 0 spiro atoms. The minimum Gasteiger partial charge on any atom is -0.338 e. The highest BCUT2D eigenvalue weighted by Gasteiger charge is 2.38. The lowest BCUT2D eigenvalue weighted by Crippen LogP contribution is -2.52. The third kappa shape index (κ3) is 2.51. The summed E-state index contributed by atoms with van der Waals surface area (Å²) in [5.74, 6) is 0.959. The van der Waals surface area contributed by atoms with Crippen LogP contribution in [-0.2, 0) is 4.79 Å². The lowest BCUT2D eigenvalue weighted by atomic mass is 9.91. The average molecular weight is 247 g/mol. The van der Waals surface area contributed by atoms with Gasteiger partial charge < -0.3 is 10.6 Å². The van der Waals surface area contributed by atoms with Crippen LogP contribution < -0.4 is 5.73 Å². The van der Waals surface area contributed by atoms with Crippen molar-refractivity contribution in [3.63, 3.8) is 0 Å². The molecule has 2 N–H and O–H groups in total. The molecule has 0 bridgehead atoms. The first-order valence-electron chi connectivity index (χ1n) is 6.30. The minimum absolute atomic E-state index is 0. The summed E-state index contributed by atoms with van der Waals surface area (Å²) in [5, 5.41) is 0. The zero-order valence-corrected chi connectivity index (χ0v) is 10.8. The molecule has 3 atom stereocenters. The predicted octanol–water partition coefficient (Wildman–Crippen LogP) is 1.94. The van der Waals surface area contributed by atoms with E-state index >= 15 is 0 Å². The summed E-state index contributed by atoms with van der Waals surface area (Å²) >= 11 is 0. The van der Waals surface area contributed by atoms with Gasteiger partial charge in [-0.2, -0.15) is 0 Å². The molecule has 0 radical (unpaired) electrons. The molecule has 0 aromatic heterocycles. The molecule has 0 aromatic carbocycles. The molecule has 2 rings (SSSR count). The lowest BCUT2D eigenvalue weighted by molar-refractivity contribution is -0.137. The first-order chi connectivity index (χ1) is 7.24. The SMILES string of the molecule is CC[C@H](N)C(=O)N1CCCC2CCCC21.Cl. The second kappa shape index (κ2) is 5.87. The standard InChI is InChI=1S/C12H22N2O.ClH/c1-2-10(13)12(15)14-8-4-6-9-5-3-7-11(9)14;/h9-11H,2-8,13H2,1H3;1H/t9?,10-,11?;/m0./s1. The van der Waals surface area contributed by atoms with Crippen LogP contribution in [0.1, 0.15) is 45.4 Å². The van der Waals surface area contributed by atoms with Gasteiger partial charge >= 0.3 is 0 Å². The molecule has 1 amide bonds. The average Bonchev–Trinajstić information content (AvgIpc) is 2.74. The van der Waals surface area contributed by atoms with E-state index in [9.17, 15) is 4.79 Å². The number of rotatable bonds is 2. The van der Waals surface area contributed by atoms with Gasteiger partial charge in [0.05, 0.1) is 6.04 Å². The quantitative estimate of drug-likeness (QED) is 0.810. The fourth-order valence-electron chi connectivity index (χ4n) is 3.12. The van der Waals surface area contributed by atoms with Gasteiger partial charge in [-0.15, -0.1) is 12.4 Å². The maximum Gasteiger partial charge on any atom is 0.239 e. The van der Waals surface area contributed by atoms with Crippen LogP contribution in [0.15, 0.2) is 0 Å². The normalized spacial score (nSPS) is 30.5. The number of amides is 1. The number of nitrogens with zero attached hydrogens (tertiary/aromatic N) is 1. The molecular formula is C12H23ClN2O. The summed E-state index contributed by atoms with van der Waals surface area (Å²) in [5.41, 5.74) is 5.84. The van der Waals surface area contributed by atoms with Gasteiger partial charge in [-0.3, -0.25) is 4.79 Å². The van der Waals surface area contributed by atoms with Crippen LogP contribution in [-0.4, -0.2) is 29.4 Å². The molecule has 94 valence electrons. The van der Waals surface area contributed by atoms with Crippen LogP contribution in [0.25, 0.3) is 0 Å². The van der Waals surface area contributed by atoms with Crippen LogP contribution >= 0.6 is 12.4 Å². The van der Waals surface area contributed by atoms with Crippen molar-refractivity contribution in [2.75, 3.05) is 6.54 Å². The number of likely N-dealkylation sites (tertiary alicyclic amines) is 1. The van der Waals surface area contributed by atoms with Crippen LogP contribution in [0.3, 0.4) is 0 Å². The number of carbonyl (C=O) groups excluding carboxylic acids is 1. The molecule has 0 aromatic rings. The third-order valence-electron chi connectivity index (χ3n) is 4.03. The van der Waals surface area contributed by atoms with E-state index in [1.807, 2.05) is 6.92 Å². The smallest absolute Gasteiger partial charge is 0.239 e. The van der Waals surface area contributed by atoms with Crippen molar-refractivity contribution >= 4 is 18.3 Å². The first kappa shape index (κ1) is 13.8. The number of carbonyl (C=O) groups is 1. The van der Waals surface area contributed by atoms with Gasteiger partial charge in [-0.1, -0.05) is 13.3 Å². The van der Waals surface area contributed by atoms with Crippen LogP contribution in [0.4, 0.5) is 0 Å². The zero-order valence-electron chi connectivity index (χ0n) is 10.0. The van der Waals surface area contributed by atoms with Gasteiger partial charge in [-0.05, 0) is 38.0 Å². The van der Waals surface area contributed by atoms with Gasteiger partial charge in [0.25, 0.3) is 0 Å². The Kier molecular flexibility index (Phi) is 5.06. The Bertz CT molecular complexity index is 247. The van der Waals surface area contributed by atoms with E-state index in [0.717, 1.165) is 18.9 Å². The van der Waals surface area contributed by atoms with Gasteiger partial charge in [0.2, 0.25) is 5.91 Å². The second-order valence-electron chi connectivity index (χ2n) is 4.95. The Labute approximate surface area is 104 Å². The lowest BCUT2D eigenvalue weighted by Gasteiger charge is -2.39. The summed E-state index contributed by atoms with van der Waals surface area (Å²) < 4.78 is 0. The summed E-state index contributed by atoms with van der Waals surface area (Å²) in [7, 11) is 0. The Balaban J connectivity index is 0.00000128. The van der Waals surface area contributed by atoms with Crippen molar-refractivity contribution in [3.8, 4) is 0 Å². The van der Waals surface area contributed by atoms with E-state index < -0.39 is 0 Å². The largest absolute Gasteiger partial charge is 0.338 e. The summed E-state index contributed by atoms with van der Waals surface area (Å²) in [6, 6.07) is 0.244. The summed E-state index contributed by atoms with van der Waals surface area (Å²) in [6.07, 6.45) is 7.05. The van der Waals surface area contributed by atoms with Gasteiger partial charge in [0, 0.05) is 12.6 Å². The van der Waals surface area contributed by atoms with Crippen LogP contribution in [0.2, 0.25) is 0 Å². The van der Waals surface area contributed by atoms with E-state index in [1.54, 1.807) is 0 Å². The van der Waals surface area contributed by atoms with Crippen LogP contribution in [0.5, 0.6) is 0 Å².